The molecule has 5 heteroatoms. The van der Waals surface area contributed by atoms with Crippen LogP contribution in [0.1, 0.15) is 36.6 Å². The van der Waals surface area contributed by atoms with Crippen molar-refractivity contribution >= 4 is 6.03 Å². The van der Waals surface area contributed by atoms with Crippen molar-refractivity contribution in [2.45, 2.75) is 45.7 Å². The van der Waals surface area contributed by atoms with Gasteiger partial charge < -0.3 is 15.1 Å². The van der Waals surface area contributed by atoms with Gasteiger partial charge in [-0.15, -0.1) is 0 Å². The molecule has 5 nitrogen and oxygen atoms in total. The van der Waals surface area contributed by atoms with Gasteiger partial charge in [0.05, 0.1) is 12.2 Å². The number of nitrogens with zero attached hydrogens (tertiary/aromatic N) is 1. The van der Waals surface area contributed by atoms with Gasteiger partial charge in [-0.3, -0.25) is 0 Å². The number of aromatic nitrogens is 1. The zero-order chi connectivity index (χ0) is 13.0. The molecule has 0 aliphatic heterocycles. The Balaban J connectivity index is 1.77. The van der Waals surface area contributed by atoms with Crippen molar-refractivity contribution in [1.29, 1.82) is 0 Å². The molecule has 0 aromatic carbocycles. The molecular weight excluding hydrogens is 230 g/mol. The van der Waals surface area contributed by atoms with E-state index in [9.17, 15) is 4.79 Å². The van der Waals surface area contributed by atoms with Crippen LogP contribution in [0.3, 0.4) is 0 Å². The normalized spacial score (nSPS) is 18.7. The molecule has 1 aromatic rings. The molecule has 0 bridgehead atoms. The number of nitrogens with one attached hydrogen (secondary N) is 2. The minimum Gasteiger partial charge on any atom is -0.444 e. The monoisotopic (exact) mass is 249 g/mol. The second kappa shape index (κ2) is 5.71. The molecule has 18 heavy (non-hydrogen) atoms. The number of carbonyl (C=O) groups is 1. The van der Waals surface area contributed by atoms with Crippen LogP contribution in [-0.4, -0.2) is 17.1 Å². The van der Waals surface area contributed by atoms with Gasteiger partial charge in [0.2, 0.25) is 5.89 Å². The summed E-state index contributed by atoms with van der Waals surface area (Å²) in [7, 11) is 0. The maximum Gasteiger partial charge on any atom is 0.315 e. The van der Waals surface area contributed by atoms with Crippen LogP contribution in [0.4, 0.5) is 4.79 Å². The Labute approximate surface area is 107 Å². The highest BCUT2D eigenvalue weighted by atomic mass is 16.4. The maximum absolute atomic E-state index is 11.7. The SMILES string of the molecule is Cc1nc(CNC(=O)N[C@H]2C=CCCC2)oc1C. The van der Waals surface area contributed by atoms with E-state index in [-0.39, 0.29) is 12.1 Å². The lowest BCUT2D eigenvalue weighted by molar-refractivity contribution is 0.236. The molecule has 98 valence electrons. The Morgan fingerprint density at radius 3 is 3.00 bits per heavy atom. The van der Waals surface area contributed by atoms with Crippen LogP contribution in [0.15, 0.2) is 16.6 Å². The molecule has 2 N–H and O–H groups in total. The van der Waals surface area contributed by atoms with Crippen molar-refractivity contribution < 1.29 is 9.21 Å². The molecule has 0 saturated heterocycles. The Hall–Kier alpha value is -1.78. The van der Waals surface area contributed by atoms with Crippen molar-refractivity contribution in [3.8, 4) is 0 Å². The lowest BCUT2D eigenvalue weighted by Gasteiger charge is -2.17. The highest BCUT2D eigenvalue weighted by molar-refractivity contribution is 5.74. The van der Waals surface area contributed by atoms with Crippen LogP contribution in [-0.2, 0) is 6.54 Å². The van der Waals surface area contributed by atoms with E-state index in [1.54, 1.807) is 0 Å². The number of allylic oxidation sites excluding steroid dienone is 1. The van der Waals surface area contributed by atoms with Crippen molar-refractivity contribution in [2.24, 2.45) is 0 Å². The summed E-state index contributed by atoms with van der Waals surface area (Å²) in [6.45, 7) is 4.06. The van der Waals surface area contributed by atoms with E-state index < -0.39 is 0 Å². The minimum atomic E-state index is -0.181. The summed E-state index contributed by atoms with van der Waals surface area (Å²) < 4.78 is 5.39. The van der Waals surface area contributed by atoms with Gasteiger partial charge >= 0.3 is 6.03 Å². The topological polar surface area (TPSA) is 67.2 Å². The summed E-state index contributed by atoms with van der Waals surface area (Å²) >= 11 is 0. The van der Waals surface area contributed by atoms with Gasteiger partial charge in [0.15, 0.2) is 0 Å². The van der Waals surface area contributed by atoms with Gasteiger partial charge in [0, 0.05) is 6.04 Å². The van der Waals surface area contributed by atoms with Crippen molar-refractivity contribution in [2.75, 3.05) is 0 Å². The average Bonchev–Trinajstić information content (AvgIpc) is 2.68. The molecular formula is C13H19N3O2. The number of hydrogen-bond acceptors (Lipinski definition) is 3. The molecule has 2 rings (SSSR count). The Morgan fingerprint density at radius 1 is 1.56 bits per heavy atom. The Bertz CT molecular complexity index is 432. The van der Waals surface area contributed by atoms with Gasteiger partial charge in [0.1, 0.15) is 5.76 Å². The summed E-state index contributed by atoms with van der Waals surface area (Å²) in [5, 5.41) is 5.65. The zero-order valence-electron chi connectivity index (χ0n) is 10.8. The largest absolute Gasteiger partial charge is 0.444 e. The predicted octanol–water partition coefficient (Wildman–Crippen LogP) is 2.20. The van der Waals surface area contributed by atoms with E-state index in [1.807, 2.05) is 19.9 Å². The van der Waals surface area contributed by atoms with Gasteiger partial charge in [-0.1, -0.05) is 12.2 Å². The fourth-order valence-electron chi connectivity index (χ4n) is 1.92. The van der Waals surface area contributed by atoms with Crippen LogP contribution in [0, 0.1) is 13.8 Å². The number of hydrogen-bond donors (Lipinski definition) is 2. The first kappa shape index (κ1) is 12.7. The molecule has 0 unspecified atom stereocenters. The van der Waals surface area contributed by atoms with E-state index >= 15 is 0 Å². The second-order valence-corrected chi connectivity index (χ2v) is 4.54. The smallest absolute Gasteiger partial charge is 0.315 e. The zero-order valence-corrected chi connectivity index (χ0v) is 10.8. The number of amides is 2. The summed E-state index contributed by atoms with van der Waals surface area (Å²) in [5.74, 6) is 1.33. The molecule has 2 amide bonds. The molecule has 1 atom stereocenters. The second-order valence-electron chi connectivity index (χ2n) is 4.54. The van der Waals surface area contributed by atoms with Crippen LogP contribution < -0.4 is 10.6 Å². The van der Waals surface area contributed by atoms with Crippen molar-refractivity contribution in [3.63, 3.8) is 0 Å². The van der Waals surface area contributed by atoms with Gasteiger partial charge in [-0.2, -0.15) is 0 Å². The Morgan fingerprint density at radius 2 is 2.39 bits per heavy atom. The molecule has 1 heterocycles. The molecule has 0 spiro atoms. The van der Waals surface area contributed by atoms with E-state index in [1.165, 1.54) is 0 Å². The Kier molecular flexibility index (Phi) is 4.02. The summed E-state index contributed by atoms with van der Waals surface area (Å²) in [4.78, 5) is 15.9. The third kappa shape index (κ3) is 3.35. The number of urea groups is 1. The first-order valence-corrected chi connectivity index (χ1v) is 6.29. The molecule has 0 fully saturated rings. The standard InChI is InChI=1S/C13H19N3O2/c1-9-10(2)18-12(15-9)8-14-13(17)16-11-6-4-3-5-7-11/h4,6,11H,3,5,7-8H2,1-2H3,(H2,14,16,17)/t11-/m0/s1. The summed E-state index contributed by atoms with van der Waals surface area (Å²) in [6.07, 6.45) is 7.38. The molecule has 1 aliphatic rings. The van der Waals surface area contributed by atoms with Gasteiger partial charge in [0.25, 0.3) is 0 Å². The first-order chi connectivity index (χ1) is 8.65. The van der Waals surface area contributed by atoms with E-state index in [4.69, 9.17) is 4.42 Å². The highest BCUT2D eigenvalue weighted by Crippen LogP contribution is 2.10. The first-order valence-electron chi connectivity index (χ1n) is 6.29. The quantitative estimate of drug-likeness (QED) is 0.807. The summed E-state index contributed by atoms with van der Waals surface area (Å²) in [6, 6.07) is -0.0353. The van der Waals surface area contributed by atoms with E-state index in [2.05, 4.69) is 21.7 Å². The third-order valence-electron chi connectivity index (χ3n) is 3.04. The summed E-state index contributed by atoms with van der Waals surface area (Å²) in [5.41, 5.74) is 0.863. The van der Waals surface area contributed by atoms with Gasteiger partial charge in [-0.05, 0) is 33.1 Å². The fraction of sp³-hybridized carbons (Fsp3) is 0.538. The van der Waals surface area contributed by atoms with Crippen LogP contribution in [0.2, 0.25) is 0 Å². The number of oxazole rings is 1. The van der Waals surface area contributed by atoms with Crippen molar-refractivity contribution in [1.82, 2.24) is 15.6 Å². The van der Waals surface area contributed by atoms with E-state index in [0.717, 1.165) is 30.7 Å². The number of rotatable bonds is 3. The molecule has 0 saturated carbocycles. The number of carbonyl (C=O) groups excluding carboxylic acids is 1. The average molecular weight is 249 g/mol. The molecule has 0 radical (unpaired) electrons. The van der Waals surface area contributed by atoms with Gasteiger partial charge in [-0.25, -0.2) is 9.78 Å². The minimum absolute atomic E-state index is 0.145. The fourth-order valence-corrected chi connectivity index (χ4v) is 1.92. The maximum atomic E-state index is 11.7. The highest BCUT2D eigenvalue weighted by Gasteiger charge is 2.12. The lowest BCUT2D eigenvalue weighted by atomic mass is 10.0. The molecule has 1 aliphatic carbocycles. The van der Waals surface area contributed by atoms with Crippen molar-refractivity contribution in [3.05, 3.63) is 29.5 Å². The van der Waals surface area contributed by atoms with Crippen LogP contribution >= 0.6 is 0 Å². The van der Waals surface area contributed by atoms with E-state index in [0.29, 0.717) is 12.4 Å². The number of aryl methyl sites for hydroxylation is 2. The van der Waals surface area contributed by atoms with Crippen LogP contribution in [0.5, 0.6) is 0 Å². The third-order valence-corrected chi connectivity index (χ3v) is 3.04. The predicted molar refractivity (Wildman–Crippen MR) is 68.1 cm³/mol. The lowest BCUT2D eigenvalue weighted by Crippen LogP contribution is -2.41. The molecule has 1 aromatic heterocycles. The van der Waals surface area contributed by atoms with Crippen LogP contribution in [0.25, 0.3) is 0 Å².